The molecule has 0 radical (unpaired) electrons. The number of benzene rings is 1. The summed E-state index contributed by atoms with van der Waals surface area (Å²) < 4.78 is 13.8. The van der Waals surface area contributed by atoms with Crippen molar-refractivity contribution in [2.24, 2.45) is 0 Å². The van der Waals surface area contributed by atoms with E-state index in [2.05, 4.69) is 9.97 Å². The summed E-state index contributed by atoms with van der Waals surface area (Å²) >= 11 is 1.03. The maximum atomic E-state index is 13.8. The van der Waals surface area contributed by atoms with Gasteiger partial charge in [0.25, 0.3) is 5.56 Å². The van der Waals surface area contributed by atoms with E-state index >= 15 is 0 Å². The van der Waals surface area contributed by atoms with Gasteiger partial charge in [-0.2, -0.15) is 4.39 Å². The second-order valence-electron chi connectivity index (χ2n) is 3.77. The van der Waals surface area contributed by atoms with E-state index < -0.39 is 22.0 Å². The molecule has 2 rings (SSSR count). The molecule has 0 aliphatic rings. The van der Waals surface area contributed by atoms with Crippen molar-refractivity contribution in [2.45, 2.75) is 10.9 Å². The molecule has 3 N–H and O–H groups in total. The third-order valence-corrected chi connectivity index (χ3v) is 3.28. The van der Waals surface area contributed by atoms with E-state index in [0.717, 1.165) is 23.9 Å². The Morgan fingerprint density at radius 2 is 2.25 bits per heavy atom. The lowest BCUT2D eigenvalue weighted by atomic mass is 10.2. The molecule has 20 heavy (non-hydrogen) atoms. The quantitative estimate of drug-likeness (QED) is 0.384. The van der Waals surface area contributed by atoms with E-state index in [1.807, 2.05) is 0 Å². The zero-order chi connectivity index (χ0) is 14.7. The SMILES string of the molecule is Nc1cc(=O)[nH]c(SCc2cccc([N+](=O)[O-])c2F)n1. The predicted molar refractivity (Wildman–Crippen MR) is 71.9 cm³/mol. The van der Waals surface area contributed by atoms with Gasteiger partial charge >= 0.3 is 5.69 Å². The van der Waals surface area contributed by atoms with Gasteiger partial charge < -0.3 is 10.7 Å². The lowest BCUT2D eigenvalue weighted by Crippen LogP contribution is -2.09. The molecule has 0 saturated heterocycles. The van der Waals surface area contributed by atoms with Crippen molar-refractivity contribution in [3.05, 3.63) is 56.1 Å². The molecular weight excluding hydrogens is 287 g/mol. The Kier molecular flexibility index (Phi) is 3.99. The number of aromatic nitrogens is 2. The highest BCUT2D eigenvalue weighted by molar-refractivity contribution is 7.98. The first-order valence-electron chi connectivity index (χ1n) is 5.39. The number of nitrogens with zero attached hydrogens (tertiary/aromatic N) is 2. The number of halogens is 1. The lowest BCUT2D eigenvalue weighted by molar-refractivity contribution is -0.387. The summed E-state index contributed by atoms with van der Waals surface area (Å²) in [6.07, 6.45) is 0. The van der Waals surface area contributed by atoms with Crippen LogP contribution in [-0.2, 0) is 5.75 Å². The third-order valence-electron chi connectivity index (χ3n) is 2.36. The van der Waals surface area contributed by atoms with Crippen LogP contribution in [0.5, 0.6) is 0 Å². The van der Waals surface area contributed by atoms with Gasteiger partial charge in [0.2, 0.25) is 5.82 Å². The van der Waals surface area contributed by atoms with Gasteiger partial charge in [-0.3, -0.25) is 14.9 Å². The van der Waals surface area contributed by atoms with Crippen LogP contribution in [0.15, 0.2) is 34.2 Å². The first-order valence-corrected chi connectivity index (χ1v) is 6.37. The topological polar surface area (TPSA) is 115 Å². The molecule has 1 aromatic heterocycles. The van der Waals surface area contributed by atoms with Crippen molar-refractivity contribution in [1.82, 2.24) is 9.97 Å². The first kappa shape index (κ1) is 14.0. The number of aromatic amines is 1. The Morgan fingerprint density at radius 1 is 1.50 bits per heavy atom. The highest BCUT2D eigenvalue weighted by Gasteiger charge is 2.17. The number of nitro groups is 1. The zero-order valence-electron chi connectivity index (χ0n) is 10.00. The Morgan fingerprint density at radius 3 is 2.90 bits per heavy atom. The molecule has 1 heterocycles. The molecule has 7 nitrogen and oxygen atoms in total. The standard InChI is InChI=1S/C11H9FN4O3S/c12-10-6(2-1-3-7(10)16(18)19)5-20-11-14-8(13)4-9(17)15-11/h1-4H,5H2,(H3,13,14,15,17). The summed E-state index contributed by atoms with van der Waals surface area (Å²) in [5.74, 6) is -0.757. The van der Waals surface area contributed by atoms with Crippen LogP contribution in [-0.4, -0.2) is 14.9 Å². The molecule has 0 fully saturated rings. The normalized spacial score (nSPS) is 10.4. The van der Waals surface area contributed by atoms with Crippen LogP contribution >= 0.6 is 11.8 Å². The van der Waals surface area contributed by atoms with E-state index in [9.17, 15) is 19.3 Å². The molecule has 0 atom stereocenters. The van der Waals surface area contributed by atoms with Gasteiger partial charge in [-0.05, 0) is 0 Å². The number of rotatable bonds is 4. The molecule has 2 aromatic rings. The minimum absolute atomic E-state index is 0.0516. The highest BCUT2D eigenvalue weighted by Crippen LogP contribution is 2.25. The molecule has 9 heteroatoms. The Balaban J connectivity index is 2.21. The Labute approximate surface area is 116 Å². The van der Waals surface area contributed by atoms with Crippen LogP contribution in [0, 0.1) is 15.9 Å². The minimum Gasteiger partial charge on any atom is -0.383 e. The largest absolute Gasteiger partial charge is 0.383 e. The van der Waals surface area contributed by atoms with Gasteiger partial charge in [-0.15, -0.1) is 0 Å². The van der Waals surface area contributed by atoms with Gasteiger partial charge in [0.05, 0.1) is 4.92 Å². The second-order valence-corrected chi connectivity index (χ2v) is 4.74. The number of nitro benzene ring substituents is 1. The first-order chi connectivity index (χ1) is 9.47. The Bertz CT molecular complexity index is 719. The fourth-order valence-corrected chi connectivity index (χ4v) is 2.34. The van der Waals surface area contributed by atoms with Crippen LogP contribution in [0.4, 0.5) is 15.9 Å². The van der Waals surface area contributed by atoms with Crippen LogP contribution < -0.4 is 11.3 Å². The average molecular weight is 296 g/mol. The molecule has 104 valence electrons. The third kappa shape index (κ3) is 3.12. The predicted octanol–water partition coefficient (Wildman–Crippen LogP) is 1.69. The summed E-state index contributed by atoms with van der Waals surface area (Å²) in [5, 5.41) is 10.8. The number of hydrogen-bond donors (Lipinski definition) is 2. The number of anilines is 1. The lowest BCUT2D eigenvalue weighted by Gasteiger charge is -2.03. The minimum atomic E-state index is -0.892. The number of nitrogen functional groups attached to an aromatic ring is 1. The maximum absolute atomic E-state index is 13.8. The van der Waals surface area contributed by atoms with Crippen molar-refractivity contribution in [3.63, 3.8) is 0 Å². The summed E-state index contributed by atoms with van der Waals surface area (Å²) in [5.41, 5.74) is 4.56. The fourth-order valence-electron chi connectivity index (χ4n) is 1.49. The molecule has 0 bridgehead atoms. The molecule has 0 saturated carbocycles. The molecule has 0 unspecified atom stereocenters. The molecule has 0 amide bonds. The van der Waals surface area contributed by atoms with Crippen LogP contribution in [0.2, 0.25) is 0 Å². The van der Waals surface area contributed by atoms with Crippen LogP contribution in [0.25, 0.3) is 0 Å². The van der Waals surface area contributed by atoms with Crippen molar-refractivity contribution in [3.8, 4) is 0 Å². The summed E-state index contributed by atoms with van der Waals surface area (Å²) in [6, 6.07) is 5.04. The number of H-pyrrole nitrogens is 1. The molecule has 0 aliphatic carbocycles. The van der Waals surface area contributed by atoms with Crippen LogP contribution in [0.1, 0.15) is 5.56 Å². The molecule has 0 spiro atoms. The summed E-state index contributed by atoms with van der Waals surface area (Å²) in [6.45, 7) is 0. The van der Waals surface area contributed by atoms with Crippen molar-refractivity contribution < 1.29 is 9.31 Å². The molecular formula is C11H9FN4O3S. The van der Waals surface area contributed by atoms with Gasteiger partial charge in [0.15, 0.2) is 5.16 Å². The summed E-state index contributed by atoms with van der Waals surface area (Å²) in [4.78, 5) is 27.3. The van der Waals surface area contributed by atoms with E-state index in [-0.39, 0.29) is 22.3 Å². The number of nitrogens with two attached hydrogens (primary N) is 1. The summed E-state index contributed by atoms with van der Waals surface area (Å²) in [7, 11) is 0. The number of thioether (sulfide) groups is 1. The van der Waals surface area contributed by atoms with Crippen molar-refractivity contribution in [2.75, 3.05) is 5.73 Å². The fraction of sp³-hybridized carbons (Fsp3) is 0.0909. The smallest absolute Gasteiger partial charge is 0.305 e. The maximum Gasteiger partial charge on any atom is 0.305 e. The van der Waals surface area contributed by atoms with Crippen molar-refractivity contribution >= 4 is 23.3 Å². The van der Waals surface area contributed by atoms with Gasteiger partial charge in [0.1, 0.15) is 5.82 Å². The van der Waals surface area contributed by atoms with Crippen LogP contribution in [0.3, 0.4) is 0 Å². The number of nitrogens with one attached hydrogen (secondary N) is 1. The van der Waals surface area contributed by atoms with E-state index in [1.165, 1.54) is 12.1 Å². The van der Waals surface area contributed by atoms with Gasteiger partial charge in [-0.1, -0.05) is 23.9 Å². The van der Waals surface area contributed by atoms with Gasteiger partial charge in [-0.25, -0.2) is 4.98 Å². The van der Waals surface area contributed by atoms with Crippen molar-refractivity contribution in [1.29, 1.82) is 0 Å². The zero-order valence-corrected chi connectivity index (χ0v) is 10.8. The van der Waals surface area contributed by atoms with E-state index in [0.29, 0.717) is 0 Å². The molecule has 0 aliphatic heterocycles. The monoisotopic (exact) mass is 296 g/mol. The van der Waals surface area contributed by atoms with E-state index in [4.69, 9.17) is 5.73 Å². The Hall–Kier alpha value is -2.42. The second kappa shape index (κ2) is 5.70. The highest BCUT2D eigenvalue weighted by atomic mass is 32.2. The average Bonchev–Trinajstić information content (AvgIpc) is 2.36. The molecule has 1 aromatic carbocycles. The van der Waals surface area contributed by atoms with E-state index in [1.54, 1.807) is 0 Å². The van der Waals surface area contributed by atoms with Gasteiger partial charge in [0, 0.05) is 23.4 Å². The number of hydrogen-bond acceptors (Lipinski definition) is 6.